The number of allylic oxidation sites excluding steroid dienone is 1. The first kappa shape index (κ1) is 23.6. The molecular weight excluding hydrogens is 380 g/mol. The van der Waals surface area contributed by atoms with Gasteiger partial charge in [0.1, 0.15) is 0 Å². The van der Waals surface area contributed by atoms with Crippen molar-refractivity contribution in [3.63, 3.8) is 0 Å². The van der Waals surface area contributed by atoms with E-state index in [1.165, 1.54) is 56.1 Å². The summed E-state index contributed by atoms with van der Waals surface area (Å²) >= 11 is 0. The van der Waals surface area contributed by atoms with Gasteiger partial charge in [0.25, 0.3) is 0 Å². The Hall–Kier alpha value is -0.600. The van der Waals surface area contributed by atoms with Gasteiger partial charge in [-0.25, -0.2) is 0 Å². The predicted octanol–water partition coefficient (Wildman–Crippen LogP) is 6.92. The minimum atomic E-state index is -0.356. The minimum Gasteiger partial charge on any atom is -0.389 e. The second-order valence-corrected chi connectivity index (χ2v) is 12.5. The lowest BCUT2D eigenvalue weighted by atomic mass is 9.46. The fraction of sp³-hybridized carbons (Fsp3) is 0.862. The van der Waals surface area contributed by atoms with Crippen molar-refractivity contribution in [2.45, 2.75) is 111 Å². The number of fused-ring (bicyclic) bond motifs is 5. The summed E-state index contributed by atoms with van der Waals surface area (Å²) in [5.41, 5.74) is 3.07. The molecule has 0 heterocycles. The van der Waals surface area contributed by atoms with Crippen molar-refractivity contribution in [2.24, 2.45) is 46.3 Å². The van der Waals surface area contributed by atoms with E-state index in [1.807, 2.05) is 6.08 Å². The molecule has 31 heavy (non-hydrogen) atoms. The van der Waals surface area contributed by atoms with Crippen LogP contribution in [0.5, 0.6) is 0 Å². The molecule has 0 spiro atoms. The van der Waals surface area contributed by atoms with Gasteiger partial charge in [-0.3, -0.25) is 0 Å². The molecule has 3 saturated carbocycles. The van der Waals surface area contributed by atoms with E-state index < -0.39 is 0 Å². The summed E-state index contributed by atoms with van der Waals surface area (Å²) in [6.07, 6.45) is 13.4. The molecule has 0 radical (unpaired) electrons. The summed E-state index contributed by atoms with van der Waals surface area (Å²) in [5, 5.41) is 21.4. The van der Waals surface area contributed by atoms with E-state index in [0.29, 0.717) is 23.2 Å². The van der Waals surface area contributed by atoms with Crippen molar-refractivity contribution in [2.75, 3.05) is 0 Å². The Labute approximate surface area is 191 Å². The van der Waals surface area contributed by atoms with Crippen LogP contribution in [0.1, 0.15) is 98.8 Å². The third-order valence-electron chi connectivity index (χ3n) is 11.0. The third-order valence-corrected chi connectivity index (χ3v) is 11.0. The van der Waals surface area contributed by atoms with Gasteiger partial charge in [0.05, 0.1) is 12.2 Å². The summed E-state index contributed by atoms with van der Waals surface area (Å²) in [6.45, 7) is 16.3. The maximum absolute atomic E-state index is 11.1. The Balaban J connectivity index is 1.51. The first-order valence-corrected chi connectivity index (χ1v) is 13.4. The van der Waals surface area contributed by atoms with Crippen LogP contribution >= 0.6 is 0 Å². The quantitative estimate of drug-likeness (QED) is 0.451. The Morgan fingerprint density at radius 3 is 2.52 bits per heavy atom. The zero-order chi connectivity index (χ0) is 22.6. The monoisotopic (exact) mass is 428 g/mol. The van der Waals surface area contributed by atoms with E-state index >= 15 is 0 Å². The van der Waals surface area contributed by atoms with E-state index in [9.17, 15) is 10.2 Å². The van der Waals surface area contributed by atoms with Gasteiger partial charge in [0.2, 0.25) is 0 Å². The summed E-state index contributed by atoms with van der Waals surface area (Å²) in [7, 11) is 0. The molecule has 0 aromatic heterocycles. The van der Waals surface area contributed by atoms with Crippen LogP contribution in [-0.4, -0.2) is 22.4 Å². The number of hydrogen-bond acceptors (Lipinski definition) is 2. The maximum Gasteiger partial charge on any atom is 0.0759 e. The molecule has 0 aromatic carbocycles. The molecule has 3 fully saturated rings. The van der Waals surface area contributed by atoms with Crippen molar-refractivity contribution >= 4 is 0 Å². The number of hydrogen-bond donors (Lipinski definition) is 2. The Morgan fingerprint density at radius 1 is 1.10 bits per heavy atom. The standard InChI is InChI=1S/C29H48O2/c1-7-20(18(2)3)9-8-19(4)23-10-11-24-22-17-27(31)26-16-21(30)12-14-29(26,6)25(22)13-15-28(23,24)5/h16,19-25,27,30-31H,2,7-15,17H2,1,3-6H3/t19-,20-,21+,22+,23?,24+,25+,27-,28-,29-/m1/s1. The smallest absolute Gasteiger partial charge is 0.0759 e. The van der Waals surface area contributed by atoms with Crippen LogP contribution in [0.15, 0.2) is 23.8 Å². The van der Waals surface area contributed by atoms with Crippen molar-refractivity contribution in [1.82, 2.24) is 0 Å². The largest absolute Gasteiger partial charge is 0.389 e. The molecule has 2 N–H and O–H groups in total. The molecule has 10 atom stereocenters. The van der Waals surface area contributed by atoms with Crippen LogP contribution < -0.4 is 0 Å². The highest BCUT2D eigenvalue weighted by Crippen LogP contribution is 2.67. The average Bonchev–Trinajstić information content (AvgIpc) is 3.07. The number of aliphatic hydroxyl groups is 2. The van der Waals surface area contributed by atoms with Gasteiger partial charge in [-0.1, -0.05) is 45.9 Å². The van der Waals surface area contributed by atoms with E-state index in [-0.39, 0.29) is 17.6 Å². The third kappa shape index (κ3) is 3.88. The fourth-order valence-electron chi connectivity index (χ4n) is 9.20. The molecule has 0 amide bonds. The fourth-order valence-corrected chi connectivity index (χ4v) is 9.20. The Bertz CT molecular complexity index is 710. The molecule has 2 heteroatoms. The lowest BCUT2D eigenvalue weighted by Crippen LogP contribution is -2.54. The van der Waals surface area contributed by atoms with Crippen molar-refractivity contribution in [1.29, 1.82) is 0 Å². The molecule has 0 saturated heterocycles. The summed E-state index contributed by atoms with van der Waals surface area (Å²) in [4.78, 5) is 0. The van der Waals surface area contributed by atoms with Crippen LogP contribution in [-0.2, 0) is 0 Å². The van der Waals surface area contributed by atoms with Gasteiger partial charge in [0.15, 0.2) is 0 Å². The lowest BCUT2D eigenvalue weighted by Gasteiger charge is -2.60. The molecule has 1 unspecified atom stereocenters. The summed E-state index contributed by atoms with van der Waals surface area (Å²) in [6, 6.07) is 0. The second-order valence-electron chi connectivity index (χ2n) is 12.5. The lowest BCUT2D eigenvalue weighted by molar-refractivity contribution is -0.0874. The highest BCUT2D eigenvalue weighted by Gasteiger charge is 2.60. The van der Waals surface area contributed by atoms with Gasteiger partial charge in [-0.2, -0.15) is 0 Å². The van der Waals surface area contributed by atoms with Crippen LogP contribution in [0, 0.1) is 46.3 Å². The SMILES string of the molecule is C=C(C)[C@H](CC)CC[C@@H](C)C1CC[C@H]2[C@@H]3C[C@@H](O)C4=C[C@@H](O)CC[C@]4(C)[C@H]3CC[C@]12C. The molecule has 0 aliphatic heterocycles. The molecule has 0 aromatic rings. The van der Waals surface area contributed by atoms with Crippen LogP contribution in [0.25, 0.3) is 0 Å². The zero-order valence-corrected chi connectivity index (χ0v) is 20.9. The van der Waals surface area contributed by atoms with Crippen LogP contribution in [0.4, 0.5) is 0 Å². The Kier molecular flexibility index (Phi) is 6.56. The van der Waals surface area contributed by atoms with E-state index in [2.05, 4.69) is 41.2 Å². The van der Waals surface area contributed by atoms with E-state index in [0.717, 1.165) is 37.0 Å². The normalized spacial score (nSPS) is 46.4. The van der Waals surface area contributed by atoms with Gasteiger partial charge in [-0.05, 0) is 123 Å². The van der Waals surface area contributed by atoms with E-state index in [1.54, 1.807) is 0 Å². The second kappa shape index (κ2) is 8.64. The highest BCUT2D eigenvalue weighted by atomic mass is 16.3. The molecule has 4 rings (SSSR count). The van der Waals surface area contributed by atoms with Crippen LogP contribution in [0.3, 0.4) is 0 Å². The summed E-state index contributed by atoms with van der Waals surface area (Å²) in [5.74, 6) is 4.41. The molecule has 0 bridgehead atoms. The van der Waals surface area contributed by atoms with Gasteiger partial charge in [0, 0.05) is 0 Å². The molecular formula is C29H48O2. The zero-order valence-electron chi connectivity index (χ0n) is 20.9. The first-order chi connectivity index (χ1) is 14.6. The molecule has 176 valence electrons. The first-order valence-electron chi connectivity index (χ1n) is 13.4. The molecule has 4 aliphatic carbocycles. The van der Waals surface area contributed by atoms with Gasteiger partial charge in [-0.15, -0.1) is 0 Å². The van der Waals surface area contributed by atoms with E-state index in [4.69, 9.17) is 0 Å². The maximum atomic E-state index is 11.1. The Morgan fingerprint density at radius 2 is 1.84 bits per heavy atom. The average molecular weight is 429 g/mol. The van der Waals surface area contributed by atoms with Gasteiger partial charge >= 0.3 is 0 Å². The molecule has 4 aliphatic rings. The highest BCUT2D eigenvalue weighted by molar-refractivity contribution is 5.29. The topological polar surface area (TPSA) is 40.5 Å². The van der Waals surface area contributed by atoms with Crippen LogP contribution in [0.2, 0.25) is 0 Å². The van der Waals surface area contributed by atoms with Gasteiger partial charge < -0.3 is 10.2 Å². The van der Waals surface area contributed by atoms with Crippen molar-refractivity contribution in [3.8, 4) is 0 Å². The van der Waals surface area contributed by atoms with Crippen molar-refractivity contribution < 1.29 is 10.2 Å². The van der Waals surface area contributed by atoms with Crippen molar-refractivity contribution in [3.05, 3.63) is 23.8 Å². The minimum absolute atomic E-state index is 0.0996. The number of aliphatic hydroxyl groups excluding tert-OH is 2. The predicted molar refractivity (Wildman–Crippen MR) is 130 cm³/mol. The molecule has 2 nitrogen and oxygen atoms in total. The summed E-state index contributed by atoms with van der Waals surface area (Å²) < 4.78 is 0. The number of rotatable bonds is 6.